The summed E-state index contributed by atoms with van der Waals surface area (Å²) in [6, 6.07) is 8.35. The number of aromatic nitrogens is 3. The lowest BCUT2D eigenvalue weighted by Crippen LogP contribution is -2.30. The number of carbonyl (C=O) groups is 1. The molecule has 0 saturated carbocycles. The molecule has 0 spiro atoms. The molecule has 0 aliphatic heterocycles. The molecule has 124 valence electrons. The first-order valence-corrected chi connectivity index (χ1v) is 7.65. The molecule has 7 nitrogen and oxygen atoms in total. The van der Waals surface area contributed by atoms with Gasteiger partial charge >= 0.3 is 11.1 Å². The Balaban J connectivity index is 1.91. The minimum absolute atomic E-state index is 0.106. The number of hydrogen-bond donors (Lipinski definition) is 3. The van der Waals surface area contributed by atoms with Crippen molar-refractivity contribution in [1.29, 1.82) is 0 Å². The lowest BCUT2D eigenvalue weighted by atomic mass is 10.0. The Morgan fingerprint density at radius 2 is 1.67 bits per heavy atom. The van der Waals surface area contributed by atoms with Crippen LogP contribution in [0.25, 0.3) is 11.0 Å². The van der Waals surface area contributed by atoms with E-state index in [1.54, 1.807) is 18.2 Å². The van der Waals surface area contributed by atoms with Crippen molar-refractivity contribution in [2.45, 2.75) is 19.9 Å². The van der Waals surface area contributed by atoms with Crippen LogP contribution in [0.4, 0.5) is 5.69 Å². The first-order valence-electron chi connectivity index (χ1n) is 7.65. The van der Waals surface area contributed by atoms with E-state index in [0.29, 0.717) is 16.7 Å². The third-order valence-corrected chi connectivity index (χ3v) is 3.84. The molecule has 3 rings (SSSR count). The van der Waals surface area contributed by atoms with E-state index in [9.17, 15) is 14.4 Å². The van der Waals surface area contributed by atoms with Gasteiger partial charge in [-0.15, -0.1) is 0 Å². The largest absolute Gasteiger partial charge is 0.342 e. The van der Waals surface area contributed by atoms with E-state index in [1.165, 1.54) is 0 Å². The summed E-state index contributed by atoms with van der Waals surface area (Å²) in [5, 5.41) is 2.86. The van der Waals surface area contributed by atoms with Crippen molar-refractivity contribution in [2.75, 3.05) is 5.32 Å². The summed E-state index contributed by atoms with van der Waals surface area (Å²) >= 11 is 0. The van der Waals surface area contributed by atoms with Crippen LogP contribution in [-0.2, 0) is 4.79 Å². The lowest BCUT2D eigenvalue weighted by molar-refractivity contribution is -0.120. The topological polar surface area (TPSA) is 99.8 Å². The van der Waals surface area contributed by atoms with Gasteiger partial charge in [0.25, 0.3) is 0 Å². The van der Waals surface area contributed by atoms with Crippen LogP contribution in [0.5, 0.6) is 0 Å². The average Bonchev–Trinajstić information content (AvgIpc) is 3.02. The fourth-order valence-electron chi connectivity index (χ4n) is 2.72. The summed E-state index contributed by atoms with van der Waals surface area (Å²) < 4.78 is 1.86. The van der Waals surface area contributed by atoms with Crippen molar-refractivity contribution in [3.63, 3.8) is 0 Å². The number of nitrogens with one attached hydrogen (secondary N) is 3. The Morgan fingerprint density at radius 3 is 2.29 bits per heavy atom. The van der Waals surface area contributed by atoms with E-state index >= 15 is 0 Å². The predicted molar refractivity (Wildman–Crippen MR) is 92.1 cm³/mol. The normalized spacial score (nSPS) is 12.5. The highest BCUT2D eigenvalue weighted by atomic mass is 16.2. The van der Waals surface area contributed by atoms with Gasteiger partial charge in [-0.25, -0.2) is 0 Å². The van der Waals surface area contributed by atoms with E-state index in [2.05, 4.69) is 15.3 Å². The molecule has 0 unspecified atom stereocenters. The van der Waals surface area contributed by atoms with Gasteiger partial charge in [-0.2, -0.15) is 0 Å². The molecular weight excluding hydrogens is 308 g/mol. The summed E-state index contributed by atoms with van der Waals surface area (Å²) in [4.78, 5) is 40.4. The Bertz CT molecular complexity index is 983. The third kappa shape index (κ3) is 3.01. The van der Waals surface area contributed by atoms with E-state index in [0.717, 1.165) is 0 Å². The summed E-state index contributed by atoms with van der Waals surface area (Å²) in [6.45, 7) is 3.96. The molecule has 0 fully saturated rings. The minimum atomic E-state index is -0.724. The van der Waals surface area contributed by atoms with Crippen molar-refractivity contribution < 1.29 is 4.79 Å². The monoisotopic (exact) mass is 326 g/mol. The molecule has 0 saturated heterocycles. The van der Waals surface area contributed by atoms with Crippen LogP contribution in [-0.4, -0.2) is 20.4 Å². The highest BCUT2D eigenvalue weighted by Crippen LogP contribution is 2.21. The second-order valence-corrected chi connectivity index (χ2v) is 5.98. The van der Waals surface area contributed by atoms with Crippen molar-refractivity contribution in [1.82, 2.24) is 14.5 Å². The van der Waals surface area contributed by atoms with Crippen molar-refractivity contribution in [3.8, 4) is 0 Å². The van der Waals surface area contributed by atoms with Crippen molar-refractivity contribution in [2.24, 2.45) is 5.92 Å². The quantitative estimate of drug-likeness (QED) is 0.638. The second-order valence-electron chi connectivity index (χ2n) is 5.98. The van der Waals surface area contributed by atoms with Gasteiger partial charge < -0.3 is 19.9 Å². The SMILES string of the molecule is CC(C)[C@@H](C(=O)Nc1ccc2[nH]c(=O)c(=O)[nH]c2c1)n1cccc1. The maximum absolute atomic E-state index is 12.6. The van der Waals surface area contributed by atoms with Crippen LogP contribution in [0.15, 0.2) is 52.3 Å². The minimum Gasteiger partial charge on any atom is -0.342 e. The number of nitrogens with zero attached hydrogens (tertiary/aromatic N) is 1. The van der Waals surface area contributed by atoms with E-state index in [1.807, 2.05) is 42.9 Å². The number of fused-ring (bicyclic) bond motifs is 1. The Kier molecular flexibility index (Phi) is 4.07. The summed E-state index contributed by atoms with van der Waals surface area (Å²) in [6.07, 6.45) is 3.71. The molecule has 0 aliphatic carbocycles. The fraction of sp³-hybridized carbons (Fsp3) is 0.235. The molecule has 1 atom stereocenters. The number of H-pyrrole nitrogens is 2. The molecule has 2 aromatic heterocycles. The third-order valence-electron chi connectivity index (χ3n) is 3.84. The Morgan fingerprint density at radius 1 is 1.04 bits per heavy atom. The number of carbonyl (C=O) groups excluding carboxylic acids is 1. The lowest BCUT2D eigenvalue weighted by Gasteiger charge is -2.22. The predicted octanol–water partition coefficient (Wildman–Crippen LogP) is 1.85. The zero-order valence-electron chi connectivity index (χ0n) is 13.4. The molecule has 1 amide bonds. The van der Waals surface area contributed by atoms with Gasteiger partial charge in [-0.05, 0) is 36.2 Å². The van der Waals surface area contributed by atoms with Gasteiger partial charge in [0.2, 0.25) is 5.91 Å². The molecule has 7 heteroatoms. The maximum Gasteiger partial charge on any atom is 0.314 e. The molecule has 0 radical (unpaired) electrons. The number of hydrogen-bond acceptors (Lipinski definition) is 3. The van der Waals surface area contributed by atoms with E-state index in [-0.39, 0.29) is 17.9 Å². The molecule has 2 heterocycles. The standard InChI is InChI=1S/C17H18N4O3/c1-10(2)14(21-7-3-4-8-21)15(22)18-11-5-6-12-13(9-11)20-17(24)16(23)19-12/h3-10,14H,1-2H3,(H,18,22)(H,19,23)(H,20,24)/t14-/m0/s1. The van der Waals surface area contributed by atoms with E-state index in [4.69, 9.17) is 0 Å². The van der Waals surface area contributed by atoms with Gasteiger partial charge in [-0.3, -0.25) is 14.4 Å². The Labute approximate surface area is 137 Å². The van der Waals surface area contributed by atoms with Gasteiger partial charge in [0.1, 0.15) is 6.04 Å². The Hall–Kier alpha value is -3.09. The highest BCUT2D eigenvalue weighted by molar-refractivity contribution is 5.95. The summed E-state index contributed by atoms with van der Waals surface area (Å²) in [5.41, 5.74) is 0.0843. The molecule has 3 N–H and O–H groups in total. The van der Waals surface area contributed by atoms with Crippen LogP contribution >= 0.6 is 0 Å². The zero-order valence-corrected chi connectivity index (χ0v) is 13.4. The van der Waals surface area contributed by atoms with Gasteiger partial charge in [0.05, 0.1) is 11.0 Å². The fourth-order valence-corrected chi connectivity index (χ4v) is 2.72. The van der Waals surface area contributed by atoms with Crippen molar-refractivity contribution in [3.05, 3.63) is 63.4 Å². The van der Waals surface area contributed by atoms with Crippen LogP contribution in [0, 0.1) is 5.92 Å². The van der Waals surface area contributed by atoms with Crippen molar-refractivity contribution >= 4 is 22.6 Å². The summed E-state index contributed by atoms with van der Waals surface area (Å²) in [5.74, 6) is -0.0404. The van der Waals surface area contributed by atoms with Crippen LogP contribution in [0.3, 0.4) is 0 Å². The highest BCUT2D eigenvalue weighted by Gasteiger charge is 2.23. The number of aromatic amines is 2. The van der Waals surface area contributed by atoms with Gasteiger partial charge in [-0.1, -0.05) is 13.8 Å². The molecule has 0 aliphatic rings. The molecular formula is C17H18N4O3. The van der Waals surface area contributed by atoms with Crippen LogP contribution < -0.4 is 16.4 Å². The smallest absolute Gasteiger partial charge is 0.314 e. The van der Waals surface area contributed by atoms with Crippen LogP contribution in [0.2, 0.25) is 0 Å². The zero-order chi connectivity index (χ0) is 17.3. The molecule has 0 bridgehead atoms. The number of rotatable bonds is 4. The average molecular weight is 326 g/mol. The van der Waals surface area contributed by atoms with Gasteiger partial charge in [0, 0.05) is 18.1 Å². The molecule has 24 heavy (non-hydrogen) atoms. The second kappa shape index (κ2) is 6.19. The number of anilines is 1. The molecule has 3 aromatic rings. The van der Waals surface area contributed by atoms with E-state index < -0.39 is 11.1 Å². The van der Waals surface area contributed by atoms with Gasteiger partial charge in [0.15, 0.2) is 0 Å². The number of amides is 1. The maximum atomic E-state index is 12.6. The first-order chi connectivity index (χ1) is 11.5. The summed E-state index contributed by atoms with van der Waals surface area (Å²) in [7, 11) is 0. The first kappa shape index (κ1) is 15.8. The van der Waals surface area contributed by atoms with Crippen LogP contribution in [0.1, 0.15) is 19.9 Å². The number of benzene rings is 1. The molecule has 1 aromatic carbocycles.